The van der Waals surface area contributed by atoms with Crippen molar-refractivity contribution in [2.75, 3.05) is 5.32 Å². The summed E-state index contributed by atoms with van der Waals surface area (Å²) in [4.78, 5) is 31.9. The van der Waals surface area contributed by atoms with E-state index in [1.165, 1.54) is 6.92 Å². The third-order valence-corrected chi connectivity index (χ3v) is 5.00. The van der Waals surface area contributed by atoms with Crippen LogP contribution in [0.25, 0.3) is 16.7 Å². The summed E-state index contributed by atoms with van der Waals surface area (Å²) in [6.45, 7) is 5.49. The predicted molar refractivity (Wildman–Crippen MR) is 119 cm³/mol. The van der Waals surface area contributed by atoms with Gasteiger partial charge in [-0.2, -0.15) is 5.10 Å². The maximum absolute atomic E-state index is 12.8. The van der Waals surface area contributed by atoms with E-state index in [-0.39, 0.29) is 17.9 Å². The largest absolute Gasteiger partial charge is 0.342 e. The van der Waals surface area contributed by atoms with E-state index in [0.717, 1.165) is 28.1 Å². The Morgan fingerprint density at radius 3 is 2.65 bits per heavy atom. The summed E-state index contributed by atoms with van der Waals surface area (Å²) in [5.41, 5.74) is 4.94. The molecule has 8 nitrogen and oxygen atoms in total. The molecule has 3 N–H and O–H groups in total. The van der Waals surface area contributed by atoms with Crippen molar-refractivity contribution in [3.05, 3.63) is 71.8 Å². The molecule has 8 heteroatoms. The monoisotopic (exact) mass is 416 g/mol. The van der Waals surface area contributed by atoms with Crippen LogP contribution < -0.4 is 10.6 Å². The molecule has 0 fully saturated rings. The molecule has 2 aromatic carbocycles. The van der Waals surface area contributed by atoms with E-state index in [9.17, 15) is 9.59 Å². The number of carbonyl (C=O) groups is 2. The van der Waals surface area contributed by atoms with Gasteiger partial charge < -0.3 is 15.6 Å². The molecule has 0 spiro atoms. The van der Waals surface area contributed by atoms with Gasteiger partial charge in [-0.05, 0) is 55.3 Å². The lowest BCUT2D eigenvalue weighted by atomic mass is 10.1. The zero-order valence-corrected chi connectivity index (χ0v) is 17.6. The lowest BCUT2D eigenvalue weighted by molar-refractivity contribution is -0.114. The first-order chi connectivity index (χ1) is 14.9. The minimum absolute atomic E-state index is 0.156. The summed E-state index contributed by atoms with van der Waals surface area (Å²) in [6, 6.07) is 12.9. The molecule has 4 rings (SSSR count). The molecule has 31 heavy (non-hydrogen) atoms. The minimum atomic E-state index is -0.216. The molecule has 158 valence electrons. The number of anilines is 1. The summed E-state index contributed by atoms with van der Waals surface area (Å²) in [7, 11) is 0. The van der Waals surface area contributed by atoms with Gasteiger partial charge in [0.05, 0.1) is 40.8 Å². The second-order valence-electron chi connectivity index (χ2n) is 7.48. The maximum Gasteiger partial charge on any atom is 0.251 e. The number of imidazole rings is 1. The average Bonchev–Trinajstić information content (AvgIpc) is 3.38. The molecule has 0 saturated carbocycles. The number of rotatable bonds is 6. The Labute approximate surface area is 179 Å². The Morgan fingerprint density at radius 1 is 1.16 bits per heavy atom. The molecule has 1 atom stereocenters. The molecule has 1 unspecified atom stereocenters. The number of fused-ring (bicyclic) bond motifs is 1. The molecule has 2 heterocycles. The van der Waals surface area contributed by atoms with Gasteiger partial charge in [0.25, 0.3) is 5.91 Å². The number of benzene rings is 2. The highest BCUT2D eigenvalue weighted by Crippen LogP contribution is 2.20. The quantitative estimate of drug-likeness (QED) is 0.443. The van der Waals surface area contributed by atoms with Crippen molar-refractivity contribution in [1.29, 1.82) is 0 Å². The van der Waals surface area contributed by atoms with Gasteiger partial charge in [0, 0.05) is 12.5 Å². The van der Waals surface area contributed by atoms with E-state index < -0.39 is 0 Å². The number of aromatic amines is 1. The van der Waals surface area contributed by atoms with Crippen LogP contribution >= 0.6 is 0 Å². The Kier molecular flexibility index (Phi) is 5.53. The van der Waals surface area contributed by atoms with E-state index in [2.05, 4.69) is 25.7 Å². The number of nitrogens with zero attached hydrogens (tertiary/aromatic N) is 3. The fraction of sp³-hybridized carbons (Fsp3) is 0.217. The standard InChI is InChI=1S/C23H24N6O2/c1-4-19(22-26-20-10-5-14(2)11-21(20)27-22)28-23(31)16-6-8-18(9-7-16)29-13-17(12-24-29)25-15(3)30/h5-13,19H,4H2,1-3H3,(H,25,30)(H,26,27)(H,28,31). The Morgan fingerprint density at radius 2 is 1.94 bits per heavy atom. The summed E-state index contributed by atoms with van der Waals surface area (Å²) in [5.74, 6) is 0.418. The van der Waals surface area contributed by atoms with Gasteiger partial charge in [0.15, 0.2) is 0 Å². The molecule has 0 aliphatic carbocycles. The summed E-state index contributed by atoms with van der Waals surface area (Å²) < 4.78 is 1.64. The second kappa shape index (κ2) is 8.43. The zero-order valence-electron chi connectivity index (χ0n) is 17.6. The Bertz CT molecular complexity index is 1240. The number of carbonyl (C=O) groups excluding carboxylic acids is 2. The van der Waals surface area contributed by atoms with Crippen molar-refractivity contribution in [2.45, 2.75) is 33.2 Å². The third-order valence-electron chi connectivity index (χ3n) is 5.00. The highest BCUT2D eigenvalue weighted by atomic mass is 16.2. The van der Waals surface area contributed by atoms with Gasteiger partial charge in [0.2, 0.25) is 5.91 Å². The van der Waals surface area contributed by atoms with Gasteiger partial charge in [-0.1, -0.05) is 13.0 Å². The first kappa shape index (κ1) is 20.3. The Hall–Kier alpha value is -3.94. The number of nitrogens with one attached hydrogen (secondary N) is 3. The van der Waals surface area contributed by atoms with Crippen molar-refractivity contribution in [2.24, 2.45) is 0 Å². The summed E-state index contributed by atoms with van der Waals surface area (Å²) in [6.07, 6.45) is 4.00. The van der Waals surface area contributed by atoms with Gasteiger partial charge in [-0.3, -0.25) is 9.59 Å². The Balaban J connectivity index is 1.48. The van der Waals surface area contributed by atoms with Crippen LogP contribution in [0.15, 0.2) is 54.9 Å². The normalized spacial score (nSPS) is 12.0. The third kappa shape index (κ3) is 4.48. The fourth-order valence-electron chi connectivity index (χ4n) is 3.41. The van der Waals surface area contributed by atoms with Crippen LogP contribution in [0, 0.1) is 6.92 Å². The predicted octanol–water partition coefficient (Wildman–Crippen LogP) is 3.90. The van der Waals surface area contributed by atoms with Crippen LogP contribution in [0.3, 0.4) is 0 Å². The van der Waals surface area contributed by atoms with E-state index in [0.29, 0.717) is 17.7 Å². The number of hydrogen-bond acceptors (Lipinski definition) is 4. The molecule has 4 aromatic rings. The number of amides is 2. The van der Waals surface area contributed by atoms with Crippen molar-refractivity contribution in [3.63, 3.8) is 0 Å². The zero-order chi connectivity index (χ0) is 22.0. The summed E-state index contributed by atoms with van der Waals surface area (Å²) >= 11 is 0. The molecule has 0 aliphatic rings. The summed E-state index contributed by atoms with van der Waals surface area (Å²) in [5, 5.41) is 9.97. The smallest absolute Gasteiger partial charge is 0.251 e. The number of hydrogen-bond donors (Lipinski definition) is 3. The first-order valence-corrected chi connectivity index (χ1v) is 10.1. The molecule has 2 aromatic heterocycles. The fourth-order valence-corrected chi connectivity index (χ4v) is 3.41. The highest BCUT2D eigenvalue weighted by molar-refractivity contribution is 5.94. The van der Waals surface area contributed by atoms with E-state index in [1.807, 2.05) is 44.2 Å². The molecule has 2 amide bonds. The molecule has 0 bridgehead atoms. The van der Waals surface area contributed by atoms with Gasteiger partial charge >= 0.3 is 0 Å². The van der Waals surface area contributed by atoms with Crippen molar-refractivity contribution in [3.8, 4) is 5.69 Å². The van der Waals surface area contributed by atoms with Crippen molar-refractivity contribution in [1.82, 2.24) is 25.1 Å². The van der Waals surface area contributed by atoms with E-state index in [4.69, 9.17) is 0 Å². The molecule has 0 radical (unpaired) electrons. The topological polar surface area (TPSA) is 105 Å². The van der Waals surface area contributed by atoms with Crippen LogP contribution in [0.2, 0.25) is 0 Å². The van der Waals surface area contributed by atoms with Crippen molar-refractivity contribution >= 4 is 28.5 Å². The van der Waals surface area contributed by atoms with E-state index in [1.54, 1.807) is 29.2 Å². The number of aryl methyl sites for hydroxylation is 1. The molecule has 0 saturated heterocycles. The highest BCUT2D eigenvalue weighted by Gasteiger charge is 2.18. The van der Waals surface area contributed by atoms with E-state index >= 15 is 0 Å². The van der Waals surface area contributed by atoms with Gasteiger partial charge in [-0.25, -0.2) is 9.67 Å². The first-order valence-electron chi connectivity index (χ1n) is 10.1. The van der Waals surface area contributed by atoms with Crippen LogP contribution in [0.1, 0.15) is 48.1 Å². The van der Waals surface area contributed by atoms with Crippen molar-refractivity contribution < 1.29 is 9.59 Å². The van der Waals surface area contributed by atoms with Crippen LogP contribution in [0.4, 0.5) is 5.69 Å². The molecular weight excluding hydrogens is 392 g/mol. The molecular formula is C23H24N6O2. The van der Waals surface area contributed by atoms with Gasteiger partial charge in [0.1, 0.15) is 5.82 Å². The number of aromatic nitrogens is 4. The number of H-pyrrole nitrogens is 1. The van der Waals surface area contributed by atoms with Crippen LogP contribution in [0.5, 0.6) is 0 Å². The second-order valence-corrected chi connectivity index (χ2v) is 7.48. The molecule has 0 aliphatic heterocycles. The minimum Gasteiger partial charge on any atom is -0.342 e. The SMILES string of the molecule is CCC(NC(=O)c1ccc(-n2cc(NC(C)=O)cn2)cc1)c1nc2ccc(C)cc2[nH]1. The maximum atomic E-state index is 12.8. The van der Waals surface area contributed by atoms with Crippen LogP contribution in [-0.4, -0.2) is 31.6 Å². The van der Waals surface area contributed by atoms with Gasteiger partial charge in [-0.15, -0.1) is 0 Å². The van der Waals surface area contributed by atoms with Crippen LogP contribution in [-0.2, 0) is 4.79 Å². The lowest BCUT2D eigenvalue weighted by Gasteiger charge is -2.15. The lowest BCUT2D eigenvalue weighted by Crippen LogP contribution is -2.28. The average molecular weight is 416 g/mol.